The second-order valence-electron chi connectivity index (χ2n) is 6.52. The Labute approximate surface area is 161 Å². The van der Waals surface area contributed by atoms with Gasteiger partial charge in [0.15, 0.2) is 5.82 Å². The second-order valence-corrected chi connectivity index (χ2v) is 6.96. The predicted octanol–water partition coefficient (Wildman–Crippen LogP) is 4.23. The molecule has 2 aromatic carbocycles. The molecule has 3 aromatic rings. The largest absolute Gasteiger partial charge is 0.497 e. The number of carbonyl (C=O) groups excluding carboxylic acids is 1. The molecule has 7 heteroatoms. The van der Waals surface area contributed by atoms with Gasteiger partial charge in [-0.1, -0.05) is 16.8 Å². The highest BCUT2D eigenvalue weighted by molar-refractivity contribution is 6.30. The van der Waals surface area contributed by atoms with Crippen molar-refractivity contribution in [2.45, 2.75) is 19.3 Å². The maximum Gasteiger partial charge on any atom is 0.257 e. The molecule has 138 valence electrons. The minimum atomic E-state index is -0.108. The smallest absolute Gasteiger partial charge is 0.257 e. The van der Waals surface area contributed by atoms with Crippen molar-refractivity contribution in [2.75, 3.05) is 18.6 Å². The van der Waals surface area contributed by atoms with E-state index in [1.807, 2.05) is 43.3 Å². The number of rotatable bonds is 4. The summed E-state index contributed by atoms with van der Waals surface area (Å²) in [6, 6.07) is 12.9. The Balaban J connectivity index is 1.54. The molecule has 1 amide bonds. The molecule has 1 aromatic heterocycles. The van der Waals surface area contributed by atoms with Gasteiger partial charge in [-0.05, 0) is 55.0 Å². The van der Waals surface area contributed by atoms with E-state index < -0.39 is 0 Å². The van der Waals surface area contributed by atoms with E-state index in [-0.39, 0.29) is 11.8 Å². The van der Waals surface area contributed by atoms with Crippen molar-refractivity contribution in [2.24, 2.45) is 0 Å². The van der Waals surface area contributed by atoms with Crippen LogP contribution in [0.2, 0.25) is 5.02 Å². The molecule has 0 radical (unpaired) electrons. The van der Waals surface area contributed by atoms with E-state index in [0.717, 1.165) is 22.6 Å². The normalized spacial score (nSPS) is 16.8. The van der Waals surface area contributed by atoms with Crippen LogP contribution < -0.4 is 9.64 Å². The molecule has 1 atom stereocenters. The molecule has 0 saturated carbocycles. The minimum absolute atomic E-state index is 0.0428. The number of ether oxygens (including phenoxy) is 1. The number of methoxy groups -OCH3 is 1. The maximum absolute atomic E-state index is 12.5. The van der Waals surface area contributed by atoms with Gasteiger partial charge in [0.1, 0.15) is 5.75 Å². The van der Waals surface area contributed by atoms with Gasteiger partial charge in [-0.2, -0.15) is 4.98 Å². The molecule has 4 rings (SSSR count). The summed E-state index contributed by atoms with van der Waals surface area (Å²) in [5.41, 5.74) is 2.64. The first kappa shape index (κ1) is 17.5. The predicted molar refractivity (Wildman–Crippen MR) is 102 cm³/mol. The van der Waals surface area contributed by atoms with Crippen molar-refractivity contribution in [1.29, 1.82) is 0 Å². The first-order chi connectivity index (χ1) is 13.0. The lowest BCUT2D eigenvalue weighted by atomic mass is 10.1. The van der Waals surface area contributed by atoms with E-state index in [1.54, 1.807) is 18.1 Å². The number of aryl methyl sites for hydroxylation is 1. The summed E-state index contributed by atoms with van der Waals surface area (Å²) >= 11 is 6.02. The summed E-state index contributed by atoms with van der Waals surface area (Å²) in [5, 5.41) is 4.75. The summed E-state index contributed by atoms with van der Waals surface area (Å²) < 4.78 is 10.6. The van der Waals surface area contributed by atoms with Gasteiger partial charge in [0.05, 0.1) is 7.11 Å². The number of amides is 1. The molecule has 0 spiro atoms. The molecule has 27 heavy (non-hydrogen) atoms. The number of carbonyl (C=O) groups is 1. The number of halogens is 1. The summed E-state index contributed by atoms with van der Waals surface area (Å²) in [6.07, 6.45) is 0.351. The molecule has 1 aliphatic rings. The SMILES string of the molecule is COc1ccc(-c2nc(C3CC(=O)N(c4ccc(Cl)cc4C)C3)no2)cc1. The average Bonchev–Trinajstić information content (AvgIpc) is 3.29. The van der Waals surface area contributed by atoms with Gasteiger partial charge < -0.3 is 14.2 Å². The lowest BCUT2D eigenvalue weighted by Gasteiger charge is -2.18. The Morgan fingerprint density at radius 1 is 1.22 bits per heavy atom. The molecular weight excluding hydrogens is 366 g/mol. The zero-order valence-electron chi connectivity index (χ0n) is 15.0. The number of anilines is 1. The first-order valence-electron chi connectivity index (χ1n) is 8.59. The molecule has 0 bridgehead atoms. The Morgan fingerprint density at radius 2 is 2.00 bits per heavy atom. The number of benzene rings is 2. The number of nitrogens with zero attached hydrogens (tertiary/aromatic N) is 3. The van der Waals surface area contributed by atoms with Gasteiger partial charge in [-0.15, -0.1) is 0 Å². The van der Waals surface area contributed by atoms with E-state index in [2.05, 4.69) is 10.1 Å². The minimum Gasteiger partial charge on any atom is -0.497 e. The van der Waals surface area contributed by atoms with Gasteiger partial charge in [0.2, 0.25) is 5.91 Å². The van der Waals surface area contributed by atoms with Gasteiger partial charge >= 0.3 is 0 Å². The quantitative estimate of drug-likeness (QED) is 0.674. The molecule has 1 saturated heterocycles. The zero-order chi connectivity index (χ0) is 19.0. The number of hydrogen-bond donors (Lipinski definition) is 0. The maximum atomic E-state index is 12.5. The van der Waals surface area contributed by atoms with Crippen LogP contribution >= 0.6 is 11.6 Å². The third kappa shape index (κ3) is 3.40. The van der Waals surface area contributed by atoms with Gasteiger partial charge in [0.25, 0.3) is 5.89 Å². The third-order valence-electron chi connectivity index (χ3n) is 4.72. The summed E-state index contributed by atoms with van der Waals surface area (Å²) in [4.78, 5) is 18.8. The van der Waals surface area contributed by atoms with Gasteiger partial charge in [-0.3, -0.25) is 4.79 Å². The Bertz CT molecular complexity index is 984. The Kier molecular flexibility index (Phi) is 4.58. The van der Waals surface area contributed by atoms with Gasteiger partial charge in [-0.25, -0.2) is 0 Å². The van der Waals surface area contributed by atoms with Crippen molar-refractivity contribution >= 4 is 23.2 Å². The Morgan fingerprint density at radius 3 is 2.70 bits per heavy atom. The van der Waals surface area contributed by atoms with E-state index in [1.165, 1.54) is 0 Å². The van der Waals surface area contributed by atoms with Crippen molar-refractivity contribution in [3.63, 3.8) is 0 Å². The van der Waals surface area contributed by atoms with Crippen LogP contribution in [0.1, 0.15) is 23.7 Å². The van der Waals surface area contributed by atoms with Crippen LogP contribution in [0.15, 0.2) is 47.0 Å². The fourth-order valence-corrected chi connectivity index (χ4v) is 3.51. The highest BCUT2D eigenvalue weighted by atomic mass is 35.5. The van der Waals surface area contributed by atoms with E-state index in [9.17, 15) is 4.79 Å². The van der Waals surface area contributed by atoms with Crippen LogP contribution in [0, 0.1) is 6.92 Å². The molecule has 1 aliphatic heterocycles. The summed E-state index contributed by atoms with van der Waals surface area (Å²) in [6.45, 7) is 2.46. The van der Waals surface area contributed by atoms with Crippen LogP contribution in [0.3, 0.4) is 0 Å². The standard InChI is InChI=1S/C20H18ClN3O3/c1-12-9-15(21)5-8-17(12)24-11-14(10-18(24)25)19-22-20(27-23-19)13-3-6-16(26-2)7-4-13/h3-9,14H,10-11H2,1-2H3. The summed E-state index contributed by atoms with van der Waals surface area (Å²) in [5.74, 6) is 1.67. The highest BCUT2D eigenvalue weighted by Crippen LogP contribution is 2.34. The average molecular weight is 384 g/mol. The van der Waals surface area contributed by atoms with Crippen LogP contribution in [-0.4, -0.2) is 29.7 Å². The highest BCUT2D eigenvalue weighted by Gasteiger charge is 2.35. The monoisotopic (exact) mass is 383 g/mol. The molecular formula is C20H18ClN3O3. The van der Waals surface area contributed by atoms with Crippen LogP contribution in [0.5, 0.6) is 5.75 Å². The molecule has 1 fully saturated rings. The fraction of sp³-hybridized carbons (Fsp3) is 0.250. The van der Waals surface area contributed by atoms with E-state index in [4.69, 9.17) is 20.9 Å². The lowest BCUT2D eigenvalue weighted by Crippen LogP contribution is -2.25. The van der Waals surface area contributed by atoms with Crippen LogP contribution in [0.4, 0.5) is 5.69 Å². The fourth-order valence-electron chi connectivity index (χ4n) is 3.29. The Hall–Kier alpha value is -2.86. The molecule has 6 nitrogen and oxygen atoms in total. The summed E-state index contributed by atoms with van der Waals surface area (Å²) in [7, 11) is 1.62. The van der Waals surface area contributed by atoms with Crippen molar-refractivity contribution in [3.05, 3.63) is 58.9 Å². The molecule has 1 unspecified atom stereocenters. The number of aromatic nitrogens is 2. The van der Waals surface area contributed by atoms with Crippen molar-refractivity contribution in [3.8, 4) is 17.2 Å². The molecule has 2 heterocycles. The number of hydrogen-bond acceptors (Lipinski definition) is 5. The van der Waals surface area contributed by atoms with E-state index in [0.29, 0.717) is 29.7 Å². The second kappa shape index (κ2) is 7.04. The molecule has 0 aliphatic carbocycles. The van der Waals surface area contributed by atoms with Crippen LogP contribution in [0.25, 0.3) is 11.5 Å². The van der Waals surface area contributed by atoms with Crippen molar-refractivity contribution in [1.82, 2.24) is 10.1 Å². The van der Waals surface area contributed by atoms with Gasteiger partial charge in [0, 0.05) is 35.2 Å². The molecule has 0 N–H and O–H groups in total. The topological polar surface area (TPSA) is 68.5 Å². The lowest BCUT2D eigenvalue weighted by molar-refractivity contribution is -0.117. The van der Waals surface area contributed by atoms with E-state index >= 15 is 0 Å². The first-order valence-corrected chi connectivity index (χ1v) is 8.97. The third-order valence-corrected chi connectivity index (χ3v) is 4.95. The van der Waals surface area contributed by atoms with Crippen molar-refractivity contribution < 1.29 is 14.1 Å². The zero-order valence-corrected chi connectivity index (χ0v) is 15.7. The van der Waals surface area contributed by atoms with Crippen LogP contribution in [-0.2, 0) is 4.79 Å².